The smallest absolute Gasteiger partial charge is 0.409 e. The highest BCUT2D eigenvalue weighted by Crippen LogP contribution is 2.09. The fraction of sp³-hybridized carbons (Fsp3) is 0.778. The van der Waals surface area contributed by atoms with Crippen molar-refractivity contribution in [3.8, 4) is 0 Å². The van der Waals surface area contributed by atoms with Crippen LogP contribution < -0.4 is 5.32 Å². The second kappa shape index (κ2) is 4.24. The molecule has 14 heavy (non-hydrogen) atoms. The van der Waals surface area contributed by atoms with Crippen molar-refractivity contribution in [3.05, 3.63) is 0 Å². The first-order valence-corrected chi connectivity index (χ1v) is 4.26. The molecular formula is C9H16N2O3. The molecule has 1 N–H and O–H groups in total. The number of nitrogens with one attached hydrogen (secondary N) is 1. The third kappa shape index (κ3) is 6.20. The predicted octanol–water partition coefficient (Wildman–Crippen LogP) is 1.58. The molecule has 0 saturated carbocycles. The second-order valence-corrected chi connectivity index (χ2v) is 4.39. The molecule has 0 saturated heterocycles. The standard InChI is InChI=1S/C9H16N2O3/c1-8(2,3)14-7(13)11-9(4,5)10-6-12/h1-5H3,(H,11,13). The van der Waals surface area contributed by atoms with Crippen molar-refractivity contribution in [2.24, 2.45) is 4.99 Å². The minimum Gasteiger partial charge on any atom is -0.444 e. The van der Waals surface area contributed by atoms with Crippen LogP contribution in [0.4, 0.5) is 4.79 Å². The molecule has 0 aliphatic rings. The number of rotatable bonds is 2. The SMILES string of the molecule is CC(C)(N=C=O)NC(=O)OC(C)(C)C. The molecule has 80 valence electrons. The van der Waals surface area contributed by atoms with E-state index >= 15 is 0 Å². The number of alkyl carbamates (subject to hydrolysis) is 1. The van der Waals surface area contributed by atoms with E-state index in [0.29, 0.717) is 0 Å². The maximum absolute atomic E-state index is 11.2. The van der Waals surface area contributed by atoms with Crippen LogP contribution in [0.3, 0.4) is 0 Å². The van der Waals surface area contributed by atoms with Crippen molar-refractivity contribution in [3.63, 3.8) is 0 Å². The van der Waals surface area contributed by atoms with Crippen LogP contribution in [0.15, 0.2) is 4.99 Å². The predicted molar refractivity (Wildman–Crippen MR) is 51.6 cm³/mol. The third-order valence-corrected chi connectivity index (χ3v) is 1.13. The first-order chi connectivity index (χ1) is 6.16. The molecule has 0 aliphatic heterocycles. The van der Waals surface area contributed by atoms with Crippen LogP contribution in [0.2, 0.25) is 0 Å². The van der Waals surface area contributed by atoms with Gasteiger partial charge in [0.25, 0.3) is 0 Å². The fourth-order valence-corrected chi connectivity index (χ4v) is 0.695. The molecule has 5 nitrogen and oxygen atoms in total. The molecule has 0 heterocycles. The van der Waals surface area contributed by atoms with Crippen molar-refractivity contribution in [2.75, 3.05) is 0 Å². The summed E-state index contributed by atoms with van der Waals surface area (Å²) in [7, 11) is 0. The highest BCUT2D eigenvalue weighted by molar-refractivity contribution is 5.68. The highest BCUT2D eigenvalue weighted by Gasteiger charge is 2.23. The second-order valence-electron chi connectivity index (χ2n) is 4.39. The Bertz CT molecular complexity index is 260. The van der Waals surface area contributed by atoms with E-state index < -0.39 is 17.4 Å². The van der Waals surface area contributed by atoms with E-state index in [1.807, 2.05) is 0 Å². The first-order valence-electron chi connectivity index (χ1n) is 4.26. The number of aliphatic imine (C=N–C) groups is 1. The summed E-state index contributed by atoms with van der Waals surface area (Å²) < 4.78 is 4.98. The van der Waals surface area contributed by atoms with Crippen molar-refractivity contribution < 1.29 is 14.3 Å². The number of nitrogens with zero attached hydrogens (tertiary/aromatic N) is 1. The highest BCUT2D eigenvalue weighted by atomic mass is 16.6. The van der Waals surface area contributed by atoms with Gasteiger partial charge in [-0.15, -0.1) is 0 Å². The Morgan fingerprint density at radius 2 is 1.79 bits per heavy atom. The first kappa shape index (κ1) is 12.7. The fourth-order valence-electron chi connectivity index (χ4n) is 0.695. The van der Waals surface area contributed by atoms with Crippen molar-refractivity contribution >= 4 is 12.2 Å². The van der Waals surface area contributed by atoms with Gasteiger partial charge in [0.05, 0.1) is 0 Å². The summed E-state index contributed by atoms with van der Waals surface area (Å²) >= 11 is 0. The van der Waals surface area contributed by atoms with Crippen LogP contribution in [-0.4, -0.2) is 23.4 Å². The van der Waals surface area contributed by atoms with Gasteiger partial charge in [-0.1, -0.05) is 0 Å². The Morgan fingerprint density at radius 1 is 1.29 bits per heavy atom. The molecule has 0 bridgehead atoms. The molecular weight excluding hydrogens is 184 g/mol. The lowest BCUT2D eigenvalue weighted by Crippen LogP contribution is -2.44. The van der Waals surface area contributed by atoms with Crippen molar-refractivity contribution in [1.29, 1.82) is 0 Å². The quantitative estimate of drug-likeness (QED) is 0.543. The minimum absolute atomic E-state index is 0.564. The summed E-state index contributed by atoms with van der Waals surface area (Å²) in [6.45, 7) is 8.40. The van der Waals surface area contributed by atoms with Crippen LogP contribution in [0.1, 0.15) is 34.6 Å². The maximum Gasteiger partial charge on any atom is 0.409 e. The van der Waals surface area contributed by atoms with Crippen molar-refractivity contribution in [1.82, 2.24) is 5.32 Å². The lowest BCUT2D eigenvalue weighted by molar-refractivity contribution is 0.0476. The van der Waals surface area contributed by atoms with E-state index in [2.05, 4.69) is 10.3 Å². The summed E-state index contributed by atoms with van der Waals surface area (Å²) in [4.78, 5) is 24.6. The number of carbonyl (C=O) groups excluding carboxylic acids is 2. The molecule has 0 aromatic heterocycles. The van der Waals surface area contributed by atoms with Gasteiger partial charge in [0.1, 0.15) is 11.3 Å². The van der Waals surface area contributed by atoms with E-state index in [1.165, 1.54) is 6.08 Å². The summed E-state index contributed by atoms with van der Waals surface area (Å²) in [6.07, 6.45) is 0.771. The van der Waals surface area contributed by atoms with Gasteiger partial charge in [-0.2, -0.15) is 4.99 Å². The number of ether oxygens (including phenoxy) is 1. The summed E-state index contributed by atoms with van der Waals surface area (Å²) in [5.41, 5.74) is -1.55. The molecule has 0 fully saturated rings. The molecule has 1 amide bonds. The molecule has 5 heteroatoms. The normalized spacial score (nSPS) is 11.5. The van der Waals surface area contributed by atoms with Gasteiger partial charge >= 0.3 is 6.09 Å². The molecule has 0 aromatic rings. The molecule has 0 spiro atoms. The van der Waals surface area contributed by atoms with Gasteiger partial charge in [0.2, 0.25) is 6.08 Å². The van der Waals surface area contributed by atoms with Crippen LogP contribution in [0.25, 0.3) is 0 Å². The van der Waals surface area contributed by atoms with Crippen LogP contribution in [0, 0.1) is 0 Å². The Labute approximate surface area is 83.5 Å². The Balaban J connectivity index is 4.26. The van der Waals surface area contributed by atoms with Crippen LogP contribution in [0.5, 0.6) is 0 Å². The Kier molecular flexibility index (Phi) is 3.83. The number of isocyanates is 1. The Morgan fingerprint density at radius 3 is 2.14 bits per heavy atom. The topological polar surface area (TPSA) is 67.8 Å². The van der Waals surface area contributed by atoms with Gasteiger partial charge < -0.3 is 4.74 Å². The molecule has 0 rings (SSSR count). The van der Waals surface area contributed by atoms with E-state index in [1.54, 1.807) is 34.6 Å². The largest absolute Gasteiger partial charge is 0.444 e. The molecule has 0 unspecified atom stereocenters. The molecule has 0 radical (unpaired) electrons. The van der Waals surface area contributed by atoms with Crippen LogP contribution >= 0.6 is 0 Å². The molecule has 0 atom stereocenters. The van der Waals surface area contributed by atoms with E-state index in [0.717, 1.165) is 0 Å². The monoisotopic (exact) mass is 200 g/mol. The van der Waals surface area contributed by atoms with E-state index in [9.17, 15) is 9.59 Å². The lowest BCUT2D eigenvalue weighted by Gasteiger charge is -2.24. The van der Waals surface area contributed by atoms with E-state index in [4.69, 9.17) is 4.74 Å². The number of amides is 1. The van der Waals surface area contributed by atoms with Gasteiger partial charge in [-0.3, -0.25) is 5.32 Å². The molecule has 0 aliphatic carbocycles. The summed E-state index contributed by atoms with van der Waals surface area (Å²) in [5.74, 6) is 0. The average Bonchev–Trinajstić information content (AvgIpc) is 1.78. The third-order valence-electron chi connectivity index (χ3n) is 1.13. The number of hydrogen-bond acceptors (Lipinski definition) is 4. The average molecular weight is 200 g/mol. The number of carbonyl (C=O) groups is 1. The summed E-state index contributed by atoms with van der Waals surface area (Å²) in [5, 5.41) is 2.42. The minimum atomic E-state index is -0.982. The van der Waals surface area contributed by atoms with Crippen LogP contribution in [-0.2, 0) is 9.53 Å². The van der Waals surface area contributed by atoms with Gasteiger partial charge in [-0.05, 0) is 34.6 Å². The summed E-state index contributed by atoms with van der Waals surface area (Å²) in [6, 6.07) is 0. The maximum atomic E-state index is 11.2. The van der Waals surface area contributed by atoms with E-state index in [-0.39, 0.29) is 0 Å². The van der Waals surface area contributed by atoms with Gasteiger partial charge in [0, 0.05) is 0 Å². The lowest BCUT2D eigenvalue weighted by atomic mass is 10.2. The zero-order valence-corrected chi connectivity index (χ0v) is 9.17. The van der Waals surface area contributed by atoms with Crippen molar-refractivity contribution in [2.45, 2.75) is 45.9 Å². The Hall–Kier alpha value is -1.35. The number of hydrogen-bond donors (Lipinski definition) is 1. The zero-order chi connectivity index (χ0) is 11.4. The zero-order valence-electron chi connectivity index (χ0n) is 9.17. The van der Waals surface area contributed by atoms with Gasteiger partial charge in [-0.25, -0.2) is 9.59 Å². The van der Waals surface area contributed by atoms with Gasteiger partial charge in [0.15, 0.2) is 0 Å². The molecule has 0 aromatic carbocycles.